The number of pyridine rings is 1. The number of likely N-dealkylation sites (tertiary alicyclic amines) is 1. The minimum absolute atomic E-state index is 0.0115. The number of piperazine rings is 1. The summed E-state index contributed by atoms with van der Waals surface area (Å²) in [5, 5.41) is 3.78. The number of hydrogen-bond donors (Lipinski definition) is 1. The highest BCUT2D eigenvalue weighted by Crippen LogP contribution is 2.40. The van der Waals surface area contributed by atoms with Gasteiger partial charge in [0.05, 0.1) is 6.54 Å². The largest absolute Gasteiger partial charge is 0.416 e. The van der Waals surface area contributed by atoms with Crippen molar-refractivity contribution in [3.05, 3.63) is 43.1 Å². The van der Waals surface area contributed by atoms with Crippen LogP contribution in [0.2, 0.25) is 0 Å². The van der Waals surface area contributed by atoms with E-state index in [0.29, 0.717) is 23.8 Å². The molecule has 1 aromatic heterocycles. The quantitative estimate of drug-likeness (QED) is 0.395. The lowest BCUT2D eigenvalue weighted by molar-refractivity contribution is -0.118. The monoisotopic (exact) mass is 450 g/mol. The number of halogens is 2. The smallest absolute Gasteiger partial charge is 0.388 e. The highest BCUT2D eigenvalue weighted by molar-refractivity contribution is 7.97. The summed E-state index contributed by atoms with van der Waals surface area (Å²) in [6.45, 7) is 2.50. The number of hydrogen-bond acceptors (Lipinski definition) is 7. The van der Waals surface area contributed by atoms with E-state index in [-0.39, 0.29) is 18.3 Å². The number of rotatable bonds is 7. The Morgan fingerprint density at radius 1 is 1.35 bits per heavy atom. The van der Waals surface area contributed by atoms with Gasteiger partial charge >= 0.3 is 6.61 Å². The molecule has 4 rings (SSSR count). The van der Waals surface area contributed by atoms with Crippen molar-refractivity contribution in [1.82, 2.24) is 19.5 Å². The lowest BCUT2D eigenvalue weighted by Gasteiger charge is -2.31. The first kappa shape index (κ1) is 23.1. The van der Waals surface area contributed by atoms with Crippen LogP contribution in [0.1, 0.15) is 6.42 Å². The van der Waals surface area contributed by atoms with Crippen molar-refractivity contribution in [2.45, 2.75) is 30.0 Å². The zero-order valence-electron chi connectivity index (χ0n) is 17.0. The van der Waals surface area contributed by atoms with E-state index in [1.165, 1.54) is 12.6 Å². The molecule has 0 saturated carbocycles. The summed E-state index contributed by atoms with van der Waals surface area (Å²) >= 11 is 1.71. The summed E-state index contributed by atoms with van der Waals surface area (Å²) in [7, 11) is 2.17. The third-order valence-corrected chi connectivity index (χ3v) is 6.39. The van der Waals surface area contributed by atoms with Crippen molar-refractivity contribution in [1.29, 1.82) is 0 Å². The SMILES string of the molecule is C=CC(=O)NCC=O.CN1CC2CC1CN2Sc1cccc2c(OC(F)F)nccc12. The summed E-state index contributed by atoms with van der Waals surface area (Å²) in [4.78, 5) is 27.2. The lowest BCUT2D eigenvalue weighted by atomic mass is 10.2. The van der Waals surface area contributed by atoms with Crippen LogP contribution in [0.25, 0.3) is 10.8 Å². The van der Waals surface area contributed by atoms with E-state index < -0.39 is 6.61 Å². The van der Waals surface area contributed by atoms with Gasteiger partial charge in [0.2, 0.25) is 11.8 Å². The molecule has 1 aromatic carbocycles. The third-order valence-electron chi connectivity index (χ3n) is 5.16. The maximum absolute atomic E-state index is 12.5. The number of carbonyl (C=O) groups is 2. The molecule has 31 heavy (non-hydrogen) atoms. The first-order valence-electron chi connectivity index (χ1n) is 9.74. The van der Waals surface area contributed by atoms with Crippen LogP contribution < -0.4 is 10.1 Å². The molecule has 166 valence electrons. The topological polar surface area (TPSA) is 74.8 Å². The predicted molar refractivity (Wildman–Crippen MR) is 115 cm³/mol. The number of carbonyl (C=O) groups excluding carboxylic acids is 2. The van der Waals surface area contributed by atoms with Crippen molar-refractivity contribution < 1.29 is 23.1 Å². The molecule has 0 radical (unpaired) electrons. The zero-order chi connectivity index (χ0) is 22.4. The summed E-state index contributed by atoms with van der Waals surface area (Å²) < 4.78 is 32.0. The fourth-order valence-corrected chi connectivity index (χ4v) is 4.91. The van der Waals surface area contributed by atoms with Gasteiger partial charge in [-0.1, -0.05) is 12.6 Å². The van der Waals surface area contributed by atoms with Crippen LogP contribution in [-0.4, -0.2) is 71.8 Å². The van der Waals surface area contributed by atoms with Crippen LogP contribution in [-0.2, 0) is 9.59 Å². The van der Waals surface area contributed by atoms with Gasteiger partial charge in [-0.15, -0.1) is 0 Å². The second kappa shape index (κ2) is 10.7. The molecule has 7 nitrogen and oxygen atoms in total. The van der Waals surface area contributed by atoms with Crippen molar-refractivity contribution in [3.63, 3.8) is 0 Å². The molecule has 10 heteroatoms. The molecule has 3 heterocycles. The van der Waals surface area contributed by atoms with Gasteiger partial charge in [0.15, 0.2) is 0 Å². The number of aromatic nitrogens is 1. The number of alkyl halides is 2. The Labute approximate surface area is 183 Å². The number of ether oxygens (including phenoxy) is 1. The van der Waals surface area contributed by atoms with E-state index >= 15 is 0 Å². The van der Waals surface area contributed by atoms with E-state index in [4.69, 9.17) is 0 Å². The molecule has 0 spiro atoms. The number of nitrogens with one attached hydrogen (secondary N) is 1. The van der Waals surface area contributed by atoms with Gasteiger partial charge in [0.25, 0.3) is 0 Å². The Bertz CT molecular complexity index is 944. The van der Waals surface area contributed by atoms with Gasteiger partial charge in [-0.25, -0.2) is 9.29 Å². The second-order valence-electron chi connectivity index (χ2n) is 7.14. The minimum atomic E-state index is -2.87. The van der Waals surface area contributed by atoms with Crippen molar-refractivity contribution in [2.24, 2.45) is 0 Å². The molecule has 2 saturated heterocycles. The van der Waals surface area contributed by atoms with Crippen molar-refractivity contribution in [2.75, 3.05) is 26.7 Å². The molecule has 0 aliphatic carbocycles. The number of amides is 1. The van der Waals surface area contributed by atoms with Crippen LogP contribution in [0.15, 0.2) is 48.0 Å². The van der Waals surface area contributed by atoms with Crippen molar-refractivity contribution in [3.8, 4) is 5.88 Å². The Kier molecular flexibility index (Phi) is 7.94. The number of likely N-dealkylation sites (N-methyl/N-ethyl adjacent to an activating group) is 1. The standard InChI is InChI=1S/C16H17F2N3OS.C5H7NO2/c1-20-8-11-7-10(20)9-21(11)23-14-4-2-3-13-12(14)5-6-19-15(13)22-16(17)18;1-2-5(8)6-3-4-7/h2-6,10-11,16H,7-9H2,1H3;2,4H,1,3H2,(H,6,8). The highest BCUT2D eigenvalue weighted by Gasteiger charge is 2.42. The van der Waals surface area contributed by atoms with Crippen LogP contribution in [0.3, 0.4) is 0 Å². The number of nitrogens with zero attached hydrogens (tertiary/aromatic N) is 3. The lowest BCUT2D eigenvalue weighted by Crippen LogP contribution is -2.41. The molecule has 2 fully saturated rings. The van der Waals surface area contributed by atoms with E-state index in [1.807, 2.05) is 18.2 Å². The minimum Gasteiger partial charge on any atom is -0.416 e. The maximum Gasteiger partial charge on any atom is 0.388 e. The van der Waals surface area contributed by atoms with Gasteiger partial charge in [-0.05, 0) is 49.7 Å². The molecule has 1 N–H and O–H groups in total. The fourth-order valence-electron chi connectivity index (χ4n) is 3.69. The second-order valence-corrected chi connectivity index (χ2v) is 8.23. The summed E-state index contributed by atoms with van der Waals surface area (Å²) in [5.41, 5.74) is 0. The van der Waals surface area contributed by atoms with Crippen molar-refractivity contribution >= 4 is 34.9 Å². The van der Waals surface area contributed by atoms with Gasteiger partial charge in [-0.2, -0.15) is 8.78 Å². The molecule has 2 aliphatic heterocycles. The average Bonchev–Trinajstić information content (AvgIpc) is 3.31. The molecule has 2 unspecified atom stereocenters. The van der Waals surface area contributed by atoms with Gasteiger partial charge < -0.3 is 19.7 Å². The molecule has 2 atom stereocenters. The van der Waals surface area contributed by atoms with Crippen LogP contribution in [0, 0.1) is 0 Å². The molecule has 2 bridgehead atoms. The van der Waals surface area contributed by atoms with E-state index in [1.54, 1.807) is 18.0 Å². The van der Waals surface area contributed by atoms with Crippen LogP contribution in [0.4, 0.5) is 8.78 Å². The Hall–Kier alpha value is -2.56. The molecule has 1 amide bonds. The van der Waals surface area contributed by atoms with Gasteiger partial charge in [0.1, 0.15) is 6.29 Å². The van der Waals surface area contributed by atoms with E-state index in [0.717, 1.165) is 29.4 Å². The Morgan fingerprint density at radius 2 is 2.16 bits per heavy atom. The normalized spacial score (nSPS) is 20.4. The number of fused-ring (bicyclic) bond motifs is 3. The molecule has 2 aromatic rings. The van der Waals surface area contributed by atoms with E-state index in [9.17, 15) is 18.4 Å². The molecular formula is C21H24F2N4O3S. The Morgan fingerprint density at radius 3 is 2.77 bits per heavy atom. The van der Waals surface area contributed by atoms with Crippen LogP contribution >= 0.6 is 11.9 Å². The predicted octanol–water partition coefficient (Wildman–Crippen LogP) is 2.72. The third kappa shape index (κ3) is 5.78. The number of aldehydes is 1. The summed E-state index contributed by atoms with van der Waals surface area (Å²) in [6, 6.07) is 8.70. The summed E-state index contributed by atoms with van der Waals surface area (Å²) in [6.07, 6.45) is 4.45. The molecule has 2 aliphatic rings. The fraction of sp³-hybridized carbons (Fsp3) is 0.381. The summed E-state index contributed by atoms with van der Waals surface area (Å²) in [5.74, 6) is -0.334. The van der Waals surface area contributed by atoms with Crippen LogP contribution in [0.5, 0.6) is 5.88 Å². The van der Waals surface area contributed by atoms with E-state index in [2.05, 4.69) is 37.9 Å². The highest BCUT2D eigenvalue weighted by atomic mass is 32.2. The average molecular weight is 451 g/mol. The zero-order valence-corrected chi connectivity index (χ0v) is 17.9. The first-order chi connectivity index (χ1) is 14.9. The molecular weight excluding hydrogens is 426 g/mol. The van der Waals surface area contributed by atoms with Gasteiger partial charge in [-0.3, -0.25) is 4.79 Å². The Balaban J connectivity index is 0.000000293. The first-order valence-corrected chi connectivity index (χ1v) is 10.5. The van der Waals surface area contributed by atoms with Gasteiger partial charge in [0, 0.05) is 47.0 Å². The maximum atomic E-state index is 12.5. The number of benzene rings is 1.